The molecule has 0 aromatic rings. The topological polar surface area (TPSA) is 49.4 Å². The summed E-state index contributed by atoms with van der Waals surface area (Å²) in [5, 5.41) is 2.87. The average molecular weight is 268 g/mol. The van der Waals surface area contributed by atoms with Gasteiger partial charge in [0.25, 0.3) is 0 Å². The summed E-state index contributed by atoms with van der Waals surface area (Å²) < 4.78 is 0. The van der Waals surface area contributed by atoms with Crippen molar-refractivity contribution in [3.05, 3.63) is 0 Å². The van der Waals surface area contributed by atoms with Crippen molar-refractivity contribution in [2.24, 2.45) is 10.8 Å². The minimum atomic E-state index is -0.438. The van der Waals surface area contributed by atoms with Crippen molar-refractivity contribution in [2.75, 3.05) is 6.54 Å². The molecule has 1 rings (SSSR count). The number of hydrogen-bond acceptors (Lipinski definition) is 2. The Morgan fingerprint density at radius 3 is 2.11 bits per heavy atom. The van der Waals surface area contributed by atoms with E-state index in [4.69, 9.17) is 0 Å². The minimum absolute atomic E-state index is 0.00544. The van der Waals surface area contributed by atoms with Gasteiger partial charge in [-0.05, 0) is 17.8 Å². The first-order valence-electron chi connectivity index (χ1n) is 7.04. The maximum atomic E-state index is 12.7. The number of amides is 2. The predicted molar refractivity (Wildman–Crippen MR) is 76.6 cm³/mol. The van der Waals surface area contributed by atoms with Crippen LogP contribution in [0.3, 0.4) is 0 Å². The normalized spacial score (nSPS) is 23.9. The van der Waals surface area contributed by atoms with Crippen LogP contribution in [0, 0.1) is 10.8 Å². The SMILES string of the molecule is CC(N1CCC(=O)NC(C(C)(C)C)C1=O)C(C)(C)C. The summed E-state index contributed by atoms with van der Waals surface area (Å²) in [5.74, 6) is 0.0117. The Labute approximate surface area is 116 Å². The van der Waals surface area contributed by atoms with Gasteiger partial charge in [-0.15, -0.1) is 0 Å². The summed E-state index contributed by atoms with van der Waals surface area (Å²) >= 11 is 0. The monoisotopic (exact) mass is 268 g/mol. The second-order valence-corrected chi connectivity index (χ2v) is 7.69. The van der Waals surface area contributed by atoms with Crippen LogP contribution < -0.4 is 5.32 Å². The van der Waals surface area contributed by atoms with Crippen molar-refractivity contribution >= 4 is 11.8 Å². The molecule has 110 valence electrons. The number of nitrogens with zero attached hydrogens (tertiary/aromatic N) is 1. The molecule has 0 radical (unpaired) electrons. The molecule has 0 bridgehead atoms. The summed E-state index contributed by atoms with van der Waals surface area (Å²) in [7, 11) is 0. The lowest BCUT2D eigenvalue weighted by Gasteiger charge is -2.40. The van der Waals surface area contributed by atoms with Crippen LogP contribution >= 0.6 is 0 Å². The predicted octanol–water partition coefficient (Wildman–Crippen LogP) is 2.18. The zero-order chi connectivity index (χ0) is 15.0. The Kier molecular flexibility index (Phi) is 4.33. The van der Waals surface area contributed by atoms with Gasteiger partial charge in [-0.1, -0.05) is 41.5 Å². The Balaban J connectivity index is 3.06. The largest absolute Gasteiger partial charge is 0.344 e. The highest BCUT2D eigenvalue weighted by molar-refractivity contribution is 5.90. The van der Waals surface area contributed by atoms with Gasteiger partial charge >= 0.3 is 0 Å². The van der Waals surface area contributed by atoms with E-state index in [-0.39, 0.29) is 28.7 Å². The molecule has 1 heterocycles. The van der Waals surface area contributed by atoms with Gasteiger partial charge in [-0.3, -0.25) is 9.59 Å². The zero-order valence-corrected chi connectivity index (χ0v) is 13.3. The molecular formula is C15H28N2O2. The van der Waals surface area contributed by atoms with E-state index in [1.807, 2.05) is 25.7 Å². The highest BCUT2D eigenvalue weighted by atomic mass is 16.2. The van der Waals surface area contributed by atoms with Gasteiger partial charge in [0.05, 0.1) is 0 Å². The molecule has 19 heavy (non-hydrogen) atoms. The van der Waals surface area contributed by atoms with Gasteiger partial charge in [0, 0.05) is 19.0 Å². The Morgan fingerprint density at radius 2 is 1.68 bits per heavy atom. The van der Waals surface area contributed by atoms with E-state index in [1.165, 1.54) is 0 Å². The quantitative estimate of drug-likeness (QED) is 0.792. The standard InChI is InChI=1S/C15H28N2O2/c1-10(14(2,3)4)17-9-8-11(18)16-12(13(17)19)15(5,6)7/h10,12H,8-9H2,1-7H3,(H,16,18). The molecule has 2 unspecified atom stereocenters. The van der Waals surface area contributed by atoms with Gasteiger partial charge < -0.3 is 10.2 Å². The number of carbonyl (C=O) groups is 2. The van der Waals surface area contributed by atoms with E-state index in [2.05, 4.69) is 33.0 Å². The summed E-state index contributed by atoms with van der Waals surface area (Å²) in [5.41, 5.74) is -0.265. The van der Waals surface area contributed by atoms with E-state index < -0.39 is 6.04 Å². The van der Waals surface area contributed by atoms with Crippen LogP contribution in [0.15, 0.2) is 0 Å². The van der Waals surface area contributed by atoms with Crippen LogP contribution in [0.4, 0.5) is 0 Å². The van der Waals surface area contributed by atoms with Crippen LogP contribution in [-0.2, 0) is 9.59 Å². The molecule has 0 aromatic heterocycles. The van der Waals surface area contributed by atoms with E-state index in [0.717, 1.165) is 0 Å². The van der Waals surface area contributed by atoms with Crippen LogP contribution in [0.2, 0.25) is 0 Å². The number of carbonyl (C=O) groups excluding carboxylic acids is 2. The van der Waals surface area contributed by atoms with Crippen LogP contribution in [-0.4, -0.2) is 35.3 Å². The summed E-state index contributed by atoms with van der Waals surface area (Å²) in [4.78, 5) is 26.4. The molecule has 2 amide bonds. The first-order chi connectivity index (χ1) is 8.44. The molecule has 4 heteroatoms. The fraction of sp³-hybridized carbons (Fsp3) is 0.867. The van der Waals surface area contributed by atoms with E-state index in [9.17, 15) is 9.59 Å². The minimum Gasteiger partial charge on any atom is -0.344 e. The van der Waals surface area contributed by atoms with Crippen molar-refractivity contribution in [1.82, 2.24) is 10.2 Å². The molecule has 1 N–H and O–H groups in total. The smallest absolute Gasteiger partial charge is 0.245 e. The fourth-order valence-corrected chi connectivity index (χ4v) is 2.23. The summed E-state index contributed by atoms with van der Waals surface area (Å²) in [6, 6.07) is -0.329. The van der Waals surface area contributed by atoms with Crippen molar-refractivity contribution < 1.29 is 9.59 Å². The maximum absolute atomic E-state index is 12.7. The Hall–Kier alpha value is -1.06. The molecule has 0 spiro atoms. The van der Waals surface area contributed by atoms with Gasteiger partial charge in [0.15, 0.2) is 0 Å². The van der Waals surface area contributed by atoms with E-state index in [0.29, 0.717) is 13.0 Å². The first-order valence-corrected chi connectivity index (χ1v) is 7.04. The van der Waals surface area contributed by atoms with Gasteiger partial charge in [-0.25, -0.2) is 0 Å². The summed E-state index contributed by atoms with van der Waals surface area (Å²) in [6.45, 7) is 14.9. The lowest BCUT2D eigenvalue weighted by atomic mass is 9.83. The van der Waals surface area contributed by atoms with Crippen molar-refractivity contribution in [3.63, 3.8) is 0 Å². The van der Waals surface area contributed by atoms with Crippen molar-refractivity contribution in [2.45, 2.75) is 67.0 Å². The molecule has 1 fully saturated rings. The van der Waals surface area contributed by atoms with Crippen LogP contribution in [0.25, 0.3) is 0 Å². The van der Waals surface area contributed by atoms with Crippen LogP contribution in [0.5, 0.6) is 0 Å². The third-order valence-electron chi connectivity index (χ3n) is 4.00. The van der Waals surface area contributed by atoms with Gasteiger partial charge in [-0.2, -0.15) is 0 Å². The first kappa shape index (κ1) is 16.0. The van der Waals surface area contributed by atoms with Crippen molar-refractivity contribution in [3.8, 4) is 0 Å². The molecule has 0 aliphatic carbocycles. The molecule has 0 aromatic carbocycles. The van der Waals surface area contributed by atoms with Crippen LogP contribution in [0.1, 0.15) is 54.9 Å². The summed E-state index contributed by atoms with van der Waals surface area (Å²) in [6.07, 6.45) is 0.388. The Bertz CT molecular complexity index is 363. The molecule has 1 aliphatic heterocycles. The number of rotatable bonds is 1. The molecule has 4 nitrogen and oxygen atoms in total. The molecule has 1 saturated heterocycles. The fourth-order valence-electron chi connectivity index (χ4n) is 2.23. The van der Waals surface area contributed by atoms with Gasteiger partial charge in [0.2, 0.25) is 11.8 Å². The van der Waals surface area contributed by atoms with Gasteiger partial charge in [0.1, 0.15) is 6.04 Å². The maximum Gasteiger partial charge on any atom is 0.245 e. The second-order valence-electron chi connectivity index (χ2n) is 7.69. The highest BCUT2D eigenvalue weighted by Gasteiger charge is 2.41. The highest BCUT2D eigenvalue weighted by Crippen LogP contribution is 2.29. The third kappa shape index (κ3) is 3.71. The molecule has 1 aliphatic rings. The average Bonchev–Trinajstić information content (AvgIpc) is 2.36. The molecule has 0 saturated carbocycles. The molecule has 2 atom stereocenters. The van der Waals surface area contributed by atoms with E-state index >= 15 is 0 Å². The second kappa shape index (κ2) is 5.14. The number of hydrogen-bond donors (Lipinski definition) is 1. The van der Waals surface area contributed by atoms with E-state index in [1.54, 1.807) is 0 Å². The number of nitrogens with one attached hydrogen (secondary N) is 1. The third-order valence-corrected chi connectivity index (χ3v) is 4.00. The lowest BCUT2D eigenvalue weighted by Crippen LogP contribution is -2.55. The molecular weight excluding hydrogens is 240 g/mol. The lowest BCUT2D eigenvalue weighted by molar-refractivity contribution is -0.140. The van der Waals surface area contributed by atoms with Crippen molar-refractivity contribution in [1.29, 1.82) is 0 Å². The Morgan fingerprint density at radius 1 is 1.16 bits per heavy atom. The zero-order valence-electron chi connectivity index (χ0n) is 13.3.